The highest BCUT2D eigenvalue weighted by molar-refractivity contribution is 5.96. The molecule has 0 radical (unpaired) electrons. The Kier molecular flexibility index (Phi) is 5.53. The third-order valence-corrected chi connectivity index (χ3v) is 10.2. The first-order valence-corrected chi connectivity index (χ1v) is 15.4. The predicted octanol–water partition coefficient (Wildman–Crippen LogP) is 11.6. The Balaban J connectivity index is 1.28. The first kappa shape index (κ1) is 26.0. The van der Waals surface area contributed by atoms with Crippen LogP contribution in [0.3, 0.4) is 0 Å². The van der Waals surface area contributed by atoms with E-state index < -0.39 is 0 Å². The van der Waals surface area contributed by atoms with E-state index in [0.717, 1.165) is 0 Å². The van der Waals surface area contributed by atoms with Gasteiger partial charge in [-0.05, 0) is 109 Å². The maximum absolute atomic E-state index is 2.49. The molecule has 0 saturated carbocycles. The number of hydrogen-bond donors (Lipinski definition) is 0. The molecule has 208 valence electrons. The van der Waals surface area contributed by atoms with Crippen molar-refractivity contribution in [2.75, 3.05) is 0 Å². The monoisotopic (exact) mass is 552 g/mol. The van der Waals surface area contributed by atoms with Crippen molar-refractivity contribution in [3.8, 4) is 55.6 Å². The summed E-state index contributed by atoms with van der Waals surface area (Å²) in [7, 11) is 0. The van der Waals surface area contributed by atoms with Gasteiger partial charge in [-0.1, -0.05) is 137 Å². The van der Waals surface area contributed by atoms with Crippen LogP contribution in [0.5, 0.6) is 0 Å². The van der Waals surface area contributed by atoms with Gasteiger partial charge in [-0.3, -0.25) is 0 Å². The van der Waals surface area contributed by atoms with Crippen molar-refractivity contribution in [1.82, 2.24) is 0 Å². The zero-order valence-corrected chi connectivity index (χ0v) is 25.6. The van der Waals surface area contributed by atoms with E-state index in [-0.39, 0.29) is 10.8 Å². The van der Waals surface area contributed by atoms with E-state index in [0.29, 0.717) is 0 Å². The first-order chi connectivity index (χ1) is 20.7. The van der Waals surface area contributed by atoms with Crippen molar-refractivity contribution in [3.63, 3.8) is 0 Å². The molecule has 0 saturated heterocycles. The van der Waals surface area contributed by atoms with Crippen LogP contribution in [0.4, 0.5) is 0 Å². The fourth-order valence-electron chi connectivity index (χ4n) is 7.82. The lowest BCUT2D eigenvalue weighted by molar-refractivity contribution is 0.660. The molecule has 0 heterocycles. The van der Waals surface area contributed by atoms with Gasteiger partial charge in [0, 0.05) is 10.8 Å². The molecule has 43 heavy (non-hydrogen) atoms. The SMILES string of the molecule is Cc1ccc2c(c1-c1ccc3c(c1)C(C)(C)c1cc(-c4ccccc4)ccc1-3)-c1ccc(-c3ccccc3)cc1C2(C)C. The van der Waals surface area contributed by atoms with Crippen LogP contribution in [0.15, 0.2) is 127 Å². The second-order valence-electron chi connectivity index (χ2n) is 13.4. The van der Waals surface area contributed by atoms with Crippen LogP contribution in [0.2, 0.25) is 0 Å². The lowest BCUT2D eigenvalue weighted by Crippen LogP contribution is -2.15. The van der Waals surface area contributed by atoms with Gasteiger partial charge in [0.15, 0.2) is 0 Å². The second-order valence-corrected chi connectivity index (χ2v) is 13.4. The summed E-state index contributed by atoms with van der Waals surface area (Å²) in [5.74, 6) is 0. The van der Waals surface area contributed by atoms with E-state index in [1.807, 2.05) is 0 Å². The minimum atomic E-state index is -0.0842. The van der Waals surface area contributed by atoms with E-state index in [4.69, 9.17) is 0 Å². The Hall–Kier alpha value is -4.68. The average Bonchev–Trinajstić information content (AvgIpc) is 3.40. The van der Waals surface area contributed by atoms with E-state index >= 15 is 0 Å². The normalized spacial score (nSPS) is 15.0. The molecular formula is C43H36. The van der Waals surface area contributed by atoms with E-state index in [1.165, 1.54) is 83.5 Å². The standard InChI is InChI=1S/C43H36/c1-27-16-23-36-41(35-22-18-31(25-39(35)42(36,2)3)29-14-10-7-11-15-29)40(27)32-19-21-34-33-20-17-30(28-12-8-6-9-13-28)24-37(33)43(4,5)38(34)26-32/h6-26H,1-5H3. The van der Waals surface area contributed by atoms with Crippen molar-refractivity contribution < 1.29 is 0 Å². The van der Waals surface area contributed by atoms with Crippen molar-refractivity contribution >= 4 is 0 Å². The van der Waals surface area contributed by atoms with Gasteiger partial charge < -0.3 is 0 Å². The molecule has 0 bridgehead atoms. The molecule has 0 spiro atoms. The topological polar surface area (TPSA) is 0 Å². The molecule has 0 aliphatic heterocycles. The van der Waals surface area contributed by atoms with Crippen molar-refractivity contribution in [2.45, 2.75) is 45.4 Å². The molecule has 6 aromatic rings. The minimum absolute atomic E-state index is 0.0714. The minimum Gasteiger partial charge on any atom is -0.0622 e. The summed E-state index contributed by atoms with van der Waals surface area (Å²) in [4.78, 5) is 0. The second kappa shape index (κ2) is 9.16. The average molecular weight is 553 g/mol. The summed E-state index contributed by atoms with van der Waals surface area (Å²) in [5.41, 5.74) is 20.1. The highest BCUT2D eigenvalue weighted by Crippen LogP contribution is 2.55. The van der Waals surface area contributed by atoms with Gasteiger partial charge in [0.25, 0.3) is 0 Å². The molecule has 0 nitrogen and oxygen atoms in total. The van der Waals surface area contributed by atoms with Crippen molar-refractivity contribution in [3.05, 3.63) is 155 Å². The number of aryl methyl sites for hydroxylation is 1. The van der Waals surface area contributed by atoms with E-state index in [9.17, 15) is 0 Å². The summed E-state index contributed by atoms with van der Waals surface area (Å²) in [5, 5.41) is 0. The predicted molar refractivity (Wildman–Crippen MR) is 183 cm³/mol. The summed E-state index contributed by atoms with van der Waals surface area (Å²) in [6.45, 7) is 11.8. The Morgan fingerprint density at radius 1 is 0.349 bits per heavy atom. The number of benzene rings is 6. The van der Waals surface area contributed by atoms with Crippen LogP contribution in [0, 0.1) is 6.92 Å². The van der Waals surface area contributed by atoms with E-state index in [1.54, 1.807) is 0 Å². The molecule has 8 rings (SSSR count). The van der Waals surface area contributed by atoms with E-state index in [2.05, 4.69) is 162 Å². The number of rotatable bonds is 3. The van der Waals surface area contributed by atoms with Crippen LogP contribution in [0.1, 0.15) is 55.5 Å². The molecule has 0 unspecified atom stereocenters. The maximum Gasteiger partial charge on any atom is 0.0159 e. The third-order valence-electron chi connectivity index (χ3n) is 10.2. The fraction of sp³-hybridized carbons (Fsp3) is 0.163. The largest absolute Gasteiger partial charge is 0.0622 e. The lowest BCUT2D eigenvalue weighted by Gasteiger charge is -2.24. The Labute approximate surface area is 255 Å². The molecule has 0 N–H and O–H groups in total. The van der Waals surface area contributed by atoms with Crippen molar-refractivity contribution in [1.29, 1.82) is 0 Å². The molecule has 0 fully saturated rings. The van der Waals surface area contributed by atoms with Crippen LogP contribution >= 0.6 is 0 Å². The van der Waals surface area contributed by atoms with Gasteiger partial charge in [0.2, 0.25) is 0 Å². The molecule has 0 aromatic heterocycles. The Bertz CT molecular complexity index is 2060. The Morgan fingerprint density at radius 2 is 0.791 bits per heavy atom. The summed E-state index contributed by atoms with van der Waals surface area (Å²) in [6, 6.07) is 47.5. The first-order valence-electron chi connectivity index (χ1n) is 15.4. The van der Waals surface area contributed by atoms with Gasteiger partial charge in [0.1, 0.15) is 0 Å². The van der Waals surface area contributed by atoms with Crippen LogP contribution in [-0.2, 0) is 10.8 Å². The molecule has 0 amide bonds. The van der Waals surface area contributed by atoms with Gasteiger partial charge in [-0.2, -0.15) is 0 Å². The molecule has 0 heteroatoms. The zero-order valence-electron chi connectivity index (χ0n) is 25.6. The lowest BCUT2D eigenvalue weighted by atomic mass is 9.79. The zero-order chi connectivity index (χ0) is 29.5. The quantitative estimate of drug-likeness (QED) is 0.205. The van der Waals surface area contributed by atoms with Crippen LogP contribution < -0.4 is 0 Å². The van der Waals surface area contributed by atoms with Gasteiger partial charge in [-0.25, -0.2) is 0 Å². The summed E-state index contributed by atoms with van der Waals surface area (Å²) in [6.07, 6.45) is 0. The molecular weight excluding hydrogens is 516 g/mol. The van der Waals surface area contributed by atoms with Crippen LogP contribution in [0.25, 0.3) is 55.6 Å². The van der Waals surface area contributed by atoms with Gasteiger partial charge >= 0.3 is 0 Å². The highest BCUT2D eigenvalue weighted by Gasteiger charge is 2.39. The third kappa shape index (κ3) is 3.76. The maximum atomic E-state index is 2.49. The highest BCUT2D eigenvalue weighted by atomic mass is 14.4. The molecule has 2 aliphatic rings. The summed E-state index contributed by atoms with van der Waals surface area (Å²) >= 11 is 0. The molecule has 6 aromatic carbocycles. The Morgan fingerprint density at radius 3 is 1.35 bits per heavy atom. The molecule has 2 aliphatic carbocycles. The number of fused-ring (bicyclic) bond motifs is 6. The van der Waals surface area contributed by atoms with Crippen molar-refractivity contribution in [2.24, 2.45) is 0 Å². The fourth-order valence-corrected chi connectivity index (χ4v) is 7.82. The number of hydrogen-bond acceptors (Lipinski definition) is 0. The summed E-state index contributed by atoms with van der Waals surface area (Å²) < 4.78 is 0. The van der Waals surface area contributed by atoms with Gasteiger partial charge in [0.05, 0.1) is 0 Å². The smallest absolute Gasteiger partial charge is 0.0159 e. The van der Waals surface area contributed by atoms with Gasteiger partial charge in [-0.15, -0.1) is 0 Å². The molecule has 0 atom stereocenters. The van der Waals surface area contributed by atoms with Crippen LogP contribution in [-0.4, -0.2) is 0 Å².